The van der Waals surface area contributed by atoms with Crippen molar-refractivity contribution < 1.29 is 24.2 Å². The van der Waals surface area contributed by atoms with Crippen LogP contribution in [0.3, 0.4) is 0 Å². The van der Waals surface area contributed by atoms with E-state index in [-0.39, 0.29) is 17.4 Å². The van der Waals surface area contributed by atoms with Gasteiger partial charge in [-0.1, -0.05) is 42.5 Å². The van der Waals surface area contributed by atoms with Crippen molar-refractivity contribution in [3.05, 3.63) is 82.9 Å². The first-order chi connectivity index (χ1) is 18.0. The third-order valence-electron chi connectivity index (χ3n) is 7.59. The lowest BCUT2D eigenvalue weighted by molar-refractivity contribution is -0.140. The van der Waals surface area contributed by atoms with Gasteiger partial charge >= 0.3 is 0 Å². The number of ketones is 1. The fourth-order valence-electron chi connectivity index (χ4n) is 5.72. The van der Waals surface area contributed by atoms with E-state index in [1.807, 2.05) is 61.5 Å². The van der Waals surface area contributed by atoms with E-state index in [0.29, 0.717) is 31.9 Å². The van der Waals surface area contributed by atoms with Crippen molar-refractivity contribution in [2.75, 3.05) is 39.4 Å². The number of hydrogen-bond acceptors (Lipinski definition) is 6. The second-order valence-corrected chi connectivity index (χ2v) is 9.97. The molecule has 37 heavy (non-hydrogen) atoms. The molecule has 0 radical (unpaired) electrons. The maximum absolute atomic E-state index is 13.5. The van der Waals surface area contributed by atoms with Gasteiger partial charge in [0.2, 0.25) is 0 Å². The molecule has 0 bridgehead atoms. The number of ether oxygens (including phenoxy) is 2. The van der Waals surface area contributed by atoms with E-state index in [1.165, 1.54) is 0 Å². The number of hydrogen-bond donors (Lipinski definition) is 1. The molecule has 3 aromatic rings. The highest BCUT2D eigenvalue weighted by Gasteiger charge is 2.46. The topological polar surface area (TPSA) is 79.3 Å². The quantitative estimate of drug-likeness (QED) is 0.326. The second-order valence-electron chi connectivity index (χ2n) is 9.97. The summed E-state index contributed by atoms with van der Waals surface area (Å²) in [5, 5.41) is 13.5. The van der Waals surface area contributed by atoms with Gasteiger partial charge in [0, 0.05) is 38.2 Å². The van der Waals surface area contributed by atoms with Crippen molar-refractivity contribution >= 4 is 28.2 Å². The summed E-state index contributed by atoms with van der Waals surface area (Å²) in [7, 11) is 0. The van der Waals surface area contributed by atoms with E-state index < -0.39 is 17.7 Å². The Balaban J connectivity index is 1.46. The van der Waals surface area contributed by atoms with E-state index in [0.717, 1.165) is 47.2 Å². The van der Waals surface area contributed by atoms with Gasteiger partial charge in [0.05, 0.1) is 24.8 Å². The number of nitrogens with zero attached hydrogens (tertiary/aromatic N) is 2. The molecule has 3 aliphatic rings. The van der Waals surface area contributed by atoms with Crippen LogP contribution in [0, 0.1) is 0 Å². The first-order valence-electron chi connectivity index (χ1n) is 12.9. The Morgan fingerprint density at radius 2 is 1.78 bits per heavy atom. The van der Waals surface area contributed by atoms with Crippen LogP contribution in [0.25, 0.3) is 16.5 Å². The molecule has 0 aliphatic carbocycles. The average molecular weight is 499 g/mol. The number of rotatable bonds is 5. The van der Waals surface area contributed by atoms with Crippen molar-refractivity contribution in [1.82, 2.24) is 9.80 Å². The molecule has 7 nitrogen and oxygen atoms in total. The van der Waals surface area contributed by atoms with Crippen molar-refractivity contribution in [3.63, 3.8) is 0 Å². The Morgan fingerprint density at radius 3 is 2.62 bits per heavy atom. The monoisotopic (exact) mass is 498 g/mol. The first-order valence-corrected chi connectivity index (χ1v) is 12.9. The number of morpholine rings is 1. The van der Waals surface area contributed by atoms with Crippen LogP contribution in [0.4, 0.5) is 0 Å². The fourth-order valence-corrected chi connectivity index (χ4v) is 5.72. The molecule has 2 atom stereocenters. The normalized spacial score (nSPS) is 23.4. The summed E-state index contributed by atoms with van der Waals surface area (Å²) in [5.74, 6) is -0.582. The van der Waals surface area contributed by atoms with Gasteiger partial charge in [-0.2, -0.15) is 0 Å². The summed E-state index contributed by atoms with van der Waals surface area (Å²) in [6.07, 6.45) is 0.797. The molecule has 0 spiro atoms. The van der Waals surface area contributed by atoms with Gasteiger partial charge in [0.15, 0.2) is 0 Å². The van der Waals surface area contributed by atoms with Crippen LogP contribution in [0.1, 0.15) is 29.7 Å². The summed E-state index contributed by atoms with van der Waals surface area (Å²) < 4.78 is 11.3. The molecule has 3 aromatic carbocycles. The number of carbonyl (C=O) groups excluding carboxylic acids is 2. The van der Waals surface area contributed by atoms with Gasteiger partial charge in [-0.25, -0.2) is 0 Å². The zero-order valence-corrected chi connectivity index (χ0v) is 20.9. The van der Waals surface area contributed by atoms with E-state index in [9.17, 15) is 14.7 Å². The van der Waals surface area contributed by atoms with E-state index in [4.69, 9.17) is 9.47 Å². The van der Waals surface area contributed by atoms with Crippen LogP contribution in [-0.2, 0) is 20.7 Å². The maximum atomic E-state index is 13.5. The Hall–Kier alpha value is -3.68. The number of benzene rings is 3. The largest absolute Gasteiger partial charge is 0.507 e. The number of aliphatic hydroxyl groups excluding tert-OH is 1. The standard InChI is InChI=1S/C30H30N2O5/c1-19-17-22-18-21(9-10-25(22)37-19)28(33)26-27(24-8-4-6-20-5-2-3-7-23(20)24)32(30(35)29(26)34)12-11-31-13-15-36-16-14-31/h2-10,18-19,27,33H,11-17H2,1H3/b28-26-. The third kappa shape index (κ3) is 4.28. The molecule has 6 rings (SSSR count). The van der Waals surface area contributed by atoms with Crippen LogP contribution in [0.5, 0.6) is 5.75 Å². The Bertz CT molecular complexity index is 1400. The van der Waals surface area contributed by atoms with Gasteiger partial charge in [0.25, 0.3) is 11.7 Å². The van der Waals surface area contributed by atoms with E-state index >= 15 is 0 Å². The van der Waals surface area contributed by atoms with Crippen LogP contribution in [-0.4, -0.2) is 72.1 Å². The number of Topliss-reactive ketones (excluding diaryl/α,β-unsaturated/α-hetero) is 1. The Kier molecular flexibility index (Phi) is 6.18. The predicted molar refractivity (Wildman–Crippen MR) is 140 cm³/mol. The molecule has 0 aromatic heterocycles. The number of aliphatic hydroxyl groups is 1. The third-order valence-corrected chi connectivity index (χ3v) is 7.59. The summed E-state index contributed by atoms with van der Waals surface area (Å²) >= 11 is 0. The van der Waals surface area contributed by atoms with Crippen LogP contribution in [0.2, 0.25) is 0 Å². The molecule has 1 amide bonds. The predicted octanol–water partition coefficient (Wildman–Crippen LogP) is 3.92. The summed E-state index contributed by atoms with van der Waals surface area (Å²) in [4.78, 5) is 30.8. The molecular weight excluding hydrogens is 468 g/mol. The van der Waals surface area contributed by atoms with Crippen molar-refractivity contribution in [2.24, 2.45) is 0 Å². The van der Waals surface area contributed by atoms with Crippen molar-refractivity contribution in [1.29, 1.82) is 0 Å². The molecule has 3 heterocycles. The van der Waals surface area contributed by atoms with Gasteiger partial charge in [-0.15, -0.1) is 0 Å². The zero-order chi connectivity index (χ0) is 25.5. The van der Waals surface area contributed by atoms with Gasteiger partial charge in [-0.05, 0) is 47.0 Å². The minimum Gasteiger partial charge on any atom is -0.507 e. The molecule has 7 heteroatoms. The first kappa shape index (κ1) is 23.7. The minimum atomic E-state index is -0.685. The van der Waals surface area contributed by atoms with Gasteiger partial charge in [0.1, 0.15) is 17.6 Å². The Labute approximate surface area is 215 Å². The van der Waals surface area contributed by atoms with Crippen molar-refractivity contribution in [3.8, 4) is 5.75 Å². The van der Waals surface area contributed by atoms with E-state index in [2.05, 4.69) is 4.90 Å². The number of amides is 1. The van der Waals surface area contributed by atoms with E-state index in [1.54, 1.807) is 11.0 Å². The molecule has 2 fully saturated rings. The van der Waals surface area contributed by atoms with Gasteiger partial charge in [-0.3, -0.25) is 14.5 Å². The highest BCUT2D eigenvalue weighted by atomic mass is 16.5. The molecule has 3 aliphatic heterocycles. The van der Waals surface area contributed by atoms with Gasteiger partial charge < -0.3 is 19.5 Å². The number of carbonyl (C=O) groups is 2. The highest BCUT2D eigenvalue weighted by Crippen LogP contribution is 2.42. The molecule has 1 N–H and O–H groups in total. The lowest BCUT2D eigenvalue weighted by Gasteiger charge is -2.31. The highest BCUT2D eigenvalue weighted by molar-refractivity contribution is 6.46. The minimum absolute atomic E-state index is 0.0637. The Morgan fingerprint density at radius 1 is 1.00 bits per heavy atom. The molecular formula is C30H30N2O5. The summed E-state index contributed by atoms with van der Waals surface area (Å²) in [6, 6.07) is 18.6. The maximum Gasteiger partial charge on any atom is 0.295 e. The van der Waals surface area contributed by atoms with Crippen LogP contribution in [0.15, 0.2) is 66.2 Å². The lowest BCUT2D eigenvalue weighted by atomic mass is 9.91. The summed E-state index contributed by atoms with van der Waals surface area (Å²) in [5.41, 5.74) is 2.47. The van der Waals surface area contributed by atoms with Crippen molar-refractivity contribution in [2.45, 2.75) is 25.5 Å². The smallest absolute Gasteiger partial charge is 0.295 e. The molecule has 0 saturated carbocycles. The summed E-state index contributed by atoms with van der Waals surface area (Å²) in [6.45, 7) is 5.91. The van der Waals surface area contributed by atoms with Crippen LogP contribution >= 0.6 is 0 Å². The molecule has 2 saturated heterocycles. The molecule has 190 valence electrons. The van der Waals surface area contributed by atoms with Crippen LogP contribution < -0.4 is 4.74 Å². The number of likely N-dealkylation sites (tertiary alicyclic amines) is 1. The number of fused-ring (bicyclic) bond motifs is 2. The SMILES string of the molecule is CC1Cc2cc(/C(O)=C3/C(=O)C(=O)N(CCN4CCOCC4)C3c3cccc4ccccc34)ccc2O1. The fraction of sp³-hybridized carbons (Fsp3) is 0.333. The molecule has 2 unspecified atom stereocenters. The average Bonchev–Trinajstić information content (AvgIpc) is 3.42. The lowest BCUT2D eigenvalue weighted by Crippen LogP contribution is -2.42. The second kappa shape index (κ2) is 9.65. The zero-order valence-electron chi connectivity index (χ0n) is 20.9.